The van der Waals surface area contributed by atoms with Crippen LogP contribution >= 0.6 is 0 Å². The predicted octanol–water partition coefficient (Wildman–Crippen LogP) is 5.00. The fourth-order valence-electron chi connectivity index (χ4n) is 3.71. The van der Waals surface area contributed by atoms with Crippen LogP contribution in [0.25, 0.3) is 11.1 Å². The molecule has 0 fully saturated rings. The van der Waals surface area contributed by atoms with E-state index in [1.165, 1.54) is 44.5 Å². The Kier molecular flexibility index (Phi) is 2.53. The summed E-state index contributed by atoms with van der Waals surface area (Å²) in [5.74, 6) is 1.34. The molecule has 0 aromatic heterocycles. The summed E-state index contributed by atoms with van der Waals surface area (Å²) in [6.07, 6.45) is 0.972. The molecule has 1 heterocycles. The summed E-state index contributed by atoms with van der Waals surface area (Å²) < 4.78 is 12.7. The highest BCUT2D eigenvalue weighted by Gasteiger charge is 2.37. The second kappa shape index (κ2) is 4.07. The van der Waals surface area contributed by atoms with Crippen molar-refractivity contribution in [3.8, 4) is 22.6 Å². The van der Waals surface area contributed by atoms with E-state index in [-0.39, 0.29) is 0 Å². The number of hydrogen-bond donors (Lipinski definition) is 0. The Labute approximate surface area is 132 Å². The average molecular weight is 294 g/mol. The fraction of sp³-hybridized carbons (Fsp3) is 0.400. The Morgan fingerprint density at radius 2 is 1.18 bits per heavy atom. The lowest BCUT2D eigenvalue weighted by Gasteiger charge is -2.28. The van der Waals surface area contributed by atoms with Crippen molar-refractivity contribution in [2.45, 2.75) is 53.8 Å². The molecule has 0 unspecified atom stereocenters. The molecule has 1 aliphatic heterocycles. The van der Waals surface area contributed by atoms with Gasteiger partial charge in [0.05, 0.1) is 0 Å². The van der Waals surface area contributed by atoms with Gasteiger partial charge in [-0.05, 0) is 67.5 Å². The summed E-state index contributed by atoms with van der Waals surface area (Å²) >= 11 is 0. The highest BCUT2D eigenvalue weighted by molar-refractivity contribution is 5.89. The van der Waals surface area contributed by atoms with Gasteiger partial charge >= 0.3 is 0 Å². The predicted molar refractivity (Wildman–Crippen MR) is 89.0 cm³/mol. The van der Waals surface area contributed by atoms with Crippen molar-refractivity contribution < 1.29 is 9.47 Å². The molecule has 0 atom stereocenters. The zero-order valence-electron chi connectivity index (χ0n) is 14.2. The Hall–Kier alpha value is -1.96. The zero-order chi connectivity index (χ0) is 15.8. The third kappa shape index (κ3) is 1.67. The summed E-state index contributed by atoms with van der Waals surface area (Å²) in [7, 11) is 0. The van der Waals surface area contributed by atoms with Crippen LogP contribution in [0, 0.1) is 27.7 Å². The summed E-state index contributed by atoms with van der Waals surface area (Å²) in [5.41, 5.74) is 10.2. The van der Waals surface area contributed by atoms with Gasteiger partial charge in [-0.3, -0.25) is 0 Å². The van der Waals surface area contributed by atoms with E-state index in [2.05, 4.69) is 39.8 Å². The molecule has 2 heteroatoms. The van der Waals surface area contributed by atoms with E-state index in [9.17, 15) is 0 Å². The molecule has 4 rings (SSSR count). The van der Waals surface area contributed by atoms with Gasteiger partial charge in [0.15, 0.2) is 0 Å². The molecule has 2 aliphatic rings. The SMILES string of the molecule is Cc1cc2c3c(c1C)OC(C)(C)Oc1c(C)c(C)cc(c1-3)C2. The summed E-state index contributed by atoms with van der Waals surface area (Å²) in [4.78, 5) is 0. The molecule has 0 amide bonds. The van der Waals surface area contributed by atoms with Crippen LogP contribution in [0.4, 0.5) is 0 Å². The van der Waals surface area contributed by atoms with Crippen molar-refractivity contribution in [3.63, 3.8) is 0 Å². The maximum absolute atomic E-state index is 6.33. The Balaban J connectivity index is 2.17. The summed E-state index contributed by atoms with van der Waals surface area (Å²) in [5, 5.41) is 0. The molecule has 2 nitrogen and oxygen atoms in total. The number of rotatable bonds is 0. The van der Waals surface area contributed by atoms with Gasteiger partial charge in [-0.25, -0.2) is 0 Å². The third-order valence-electron chi connectivity index (χ3n) is 5.07. The van der Waals surface area contributed by atoms with E-state index in [4.69, 9.17) is 9.47 Å². The lowest BCUT2D eigenvalue weighted by molar-refractivity contribution is -0.0787. The van der Waals surface area contributed by atoms with Gasteiger partial charge < -0.3 is 9.47 Å². The van der Waals surface area contributed by atoms with Gasteiger partial charge in [-0.1, -0.05) is 12.1 Å². The van der Waals surface area contributed by atoms with Crippen LogP contribution in [0.3, 0.4) is 0 Å². The third-order valence-corrected chi connectivity index (χ3v) is 5.07. The number of hydrogen-bond acceptors (Lipinski definition) is 2. The second-order valence-electron chi connectivity index (χ2n) is 7.14. The van der Waals surface area contributed by atoms with Gasteiger partial charge in [0.2, 0.25) is 5.79 Å². The minimum Gasteiger partial charge on any atom is -0.452 e. The van der Waals surface area contributed by atoms with E-state index in [1.54, 1.807) is 0 Å². The molecule has 2 aromatic rings. The molecule has 0 bridgehead atoms. The second-order valence-corrected chi connectivity index (χ2v) is 7.14. The molecular weight excluding hydrogens is 272 g/mol. The first kappa shape index (κ1) is 13.7. The zero-order valence-corrected chi connectivity index (χ0v) is 14.2. The lowest BCUT2D eigenvalue weighted by Crippen LogP contribution is -2.35. The van der Waals surface area contributed by atoms with Gasteiger partial charge in [0.25, 0.3) is 0 Å². The highest BCUT2D eigenvalue weighted by Crippen LogP contribution is 2.54. The maximum atomic E-state index is 6.33. The van der Waals surface area contributed by atoms with Crippen LogP contribution in [0.5, 0.6) is 11.5 Å². The molecule has 22 heavy (non-hydrogen) atoms. The summed E-state index contributed by atoms with van der Waals surface area (Å²) in [6.45, 7) is 12.6. The normalized spacial score (nSPS) is 16.6. The standard InChI is InChI=1S/C20H22O2/c1-10-7-14-9-15-8-11(2)13(4)19-17(15)16(14)18(12(10)3)21-20(5,6)22-19/h7-8H,9H2,1-6H3. The van der Waals surface area contributed by atoms with Gasteiger partial charge in [0.1, 0.15) is 11.5 Å². The van der Waals surface area contributed by atoms with E-state index in [1.807, 2.05) is 13.8 Å². The number of aryl methyl sites for hydroxylation is 2. The van der Waals surface area contributed by atoms with Crippen molar-refractivity contribution >= 4 is 0 Å². The van der Waals surface area contributed by atoms with E-state index in [0.717, 1.165) is 17.9 Å². The molecule has 0 saturated heterocycles. The number of ether oxygens (including phenoxy) is 2. The van der Waals surface area contributed by atoms with E-state index in [0.29, 0.717) is 0 Å². The molecule has 1 aliphatic carbocycles. The van der Waals surface area contributed by atoms with Gasteiger partial charge in [-0.2, -0.15) is 0 Å². The Morgan fingerprint density at radius 3 is 1.59 bits per heavy atom. The van der Waals surface area contributed by atoms with Crippen LogP contribution in [-0.2, 0) is 6.42 Å². The number of benzene rings is 2. The minimum atomic E-state index is -0.664. The van der Waals surface area contributed by atoms with Crippen molar-refractivity contribution in [2.75, 3.05) is 0 Å². The van der Waals surface area contributed by atoms with Gasteiger partial charge in [-0.15, -0.1) is 0 Å². The van der Waals surface area contributed by atoms with Gasteiger partial charge in [0, 0.05) is 25.0 Å². The van der Waals surface area contributed by atoms with Crippen LogP contribution in [-0.4, -0.2) is 5.79 Å². The first-order valence-corrected chi connectivity index (χ1v) is 7.93. The van der Waals surface area contributed by atoms with Crippen molar-refractivity contribution in [1.29, 1.82) is 0 Å². The molecule has 0 saturated carbocycles. The fourth-order valence-corrected chi connectivity index (χ4v) is 3.71. The van der Waals surface area contributed by atoms with Crippen molar-refractivity contribution in [1.82, 2.24) is 0 Å². The van der Waals surface area contributed by atoms with Crippen molar-refractivity contribution in [2.24, 2.45) is 0 Å². The van der Waals surface area contributed by atoms with Crippen LogP contribution in [0.15, 0.2) is 12.1 Å². The molecule has 0 spiro atoms. The minimum absolute atomic E-state index is 0.664. The molecule has 114 valence electrons. The molecule has 2 aromatic carbocycles. The van der Waals surface area contributed by atoms with Crippen molar-refractivity contribution in [3.05, 3.63) is 45.5 Å². The Bertz CT molecular complexity index is 761. The largest absolute Gasteiger partial charge is 0.452 e. The first-order chi connectivity index (χ1) is 10.3. The van der Waals surface area contributed by atoms with E-state index < -0.39 is 5.79 Å². The summed E-state index contributed by atoms with van der Waals surface area (Å²) in [6, 6.07) is 4.62. The smallest absolute Gasteiger partial charge is 0.245 e. The first-order valence-electron chi connectivity index (χ1n) is 7.93. The van der Waals surface area contributed by atoms with Crippen LogP contribution in [0.2, 0.25) is 0 Å². The molecule has 0 N–H and O–H groups in total. The topological polar surface area (TPSA) is 18.5 Å². The van der Waals surface area contributed by atoms with E-state index >= 15 is 0 Å². The Morgan fingerprint density at radius 1 is 0.773 bits per heavy atom. The quantitative estimate of drug-likeness (QED) is 0.581. The molecular formula is C20H22O2. The maximum Gasteiger partial charge on any atom is 0.245 e. The highest BCUT2D eigenvalue weighted by atomic mass is 16.7. The van der Waals surface area contributed by atoms with Crippen LogP contribution in [0.1, 0.15) is 47.2 Å². The monoisotopic (exact) mass is 294 g/mol. The van der Waals surface area contributed by atoms with Crippen LogP contribution < -0.4 is 9.47 Å². The lowest BCUT2D eigenvalue weighted by atomic mass is 9.95. The molecule has 0 radical (unpaired) electrons. The average Bonchev–Trinajstić information content (AvgIpc) is 2.70.